The Bertz CT molecular complexity index is 674. The minimum atomic E-state index is -0.0522. The predicted molar refractivity (Wildman–Crippen MR) is 79.1 cm³/mol. The van der Waals surface area contributed by atoms with Gasteiger partial charge >= 0.3 is 0 Å². The van der Waals surface area contributed by atoms with Gasteiger partial charge in [-0.05, 0) is 36.6 Å². The van der Waals surface area contributed by atoms with Crippen LogP contribution in [0.2, 0.25) is 0 Å². The molecule has 1 aliphatic heterocycles. The number of carbonyl (C=O) groups excluding carboxylic acids is 2. The molecule has 1 aliphatic rings. The van der Waals surface area contributed by atoms with E-state index in [1.807, 2.05) is 24.4 Å². The summed E-state index contributed by atoms with van der Waals surface area (Å²) >= 11 is 0. The van der Waals surface area contributed by atoms with Crippen LogP contribution in [-0.2, 0) is 16.0 Å². The molecule has 0 radical (unpaired) electrons. The highest BCUT2D eigenvalue weighted by Crippen LogP contribution is 2.24. The Labute approximate surface area is 122 Å². The van der Waals surface area contributed by atoms with E-state index in [4.69, 9.17) is 4.74 Å². The van der Waals surface area contributed by atoms with Crippen molar-refractivity contribution in [3.63, 3.8) is 0 Å². The summed E-state index contributed by atoms with van der Waals surface area (Å²) in [7, 11) is 1.64. The first-order valence-corrected chi connectivity index (χ1v) is 7.16. The van der Waals surface area contributed by atoms with Crippen molar-refractivity contribution in [1.82, 2.24) is 9.88 Å². The number of ether oxygens (including phenoxy) is 1. The predicted octanol–water partition coefficient (Wildman–Crippen LogP) is 2.26. The number of H-pyrrole nitrogens is 1. The van der Waals surface area contributed by atoms with Crippen LogP contribution in [0, 0.1) is 0 Å². The van der Waals surface area contributed by atoms with Gasteiger partial charge in [0.2, 0.25) is 11.8 Å². The summed E-state index contributed by atoms with van der Waals surface area (Å²) in [5.41, 5.74) is 2.12. The first-order chi connectivity index (χ1) is 10.2. The quantitative estimate of drug-likeness (QED) is 0.877. The number of carbonyl (C=O) groups is 2. The molecule has 110 valence electrons. The summed E-state index contributed by atoms with van der Waals surface area (Å²) in [5.74, 6) is 0.695. The van der Waals surface area contributed by atoms with E-state index in [1.54, 1.807) is 7.11 Å². The molecule has 2 amide bonds. The molecule has 3 rings (SSSR count). The van der Waals surface area contributed by atoms with Crippen LogP contribution in [0.4, 0.5) is 0 Å². The summed E-state index contributed by atoms with van der Waals surface area (Å²) in [5, 5.41) is 1.08. The number of piperidine rings is 1. The lowest BCUT2D eigenvalue weighted by Gasteiger charge is -2.24. The lowest BCUT2D eigenvalue weighted by molar-refractivity contribution is -0.147. The Kier molecular flexibility index (Phi) is 3.64. The largest absolute Gasteiger partial charge is 0.497 e. The Morgan fingerprint density at radius 1 is 1.24 bits per heavy atom. The molecular formula is C16H18N2O3. The molecule has 0 aliphatic carbocycles. The Morgan fingerprint density at radius 3 is 2.71 bits per heavy atom. The van der Waals surface area contributed by atoms with Gasteiger partial charge in [-0.15, -0.1) is 0 Å². The average molecular weight is 286 g/mol. The van der Waals surface area contributed by atoms with E-state index in [1.165, 1.54) is 4.90 Å². The Balaban J connectivity index is 1.78. The molecule has 1 saturated heterocycles. The molecule has 2 aromatic rings. The molecule has 0 saturated carbocycles. The normalized spacial score (nSPS) is 15.8. The third-order valence-electron chi connectivity index (χ3n) is 3.96. The molecule has 0 spiro atoms. The number of imide groups is 1. The fraction of sp³-hybridized carbons (Fsp3) is 0.375. The van der Waals surface area contributed by atoms with Crippen molar-refractivity contribution in [2.75, 3.05) is 13.7 Å². The van der Waals surface area contributed by atoms with Gasteiger partial charge in [0.1, 0.15) is 5.75 Å². The second-order valence-corrected chi connectivity index (χ2v) is 5.27. The summed E-state index contributed by atoms with van der Waals surface area (Å²) < 4.78 is 5.24. The highest BCUT2D eigenvalue weighted by molar-refractivity contribution is 5.97. The maximum atomic E-state index is 11.8. The smallest absolute Gasteiger partial charge is 0.229 e. The van der Waals surface area contributed by atoms with Crippen molar-refractivity contribution in [2.24, 2.45) is 0 Å². The number of amides is 2. The SMILES string of the molecule is COc1ccc2[nH]cc(CCN3C(=O)CCCC3=O)c2c1. The van der Waals surface area contributed by atoms with Crippen LogP contribution in [-0.4, -0.2) is 35.4 Å². The highest BCUT2D eigenvalue weighted by Gasteiger charge is 2.25. The molecule has 2 heterocycles. The number of hydrogen-bond donors (Lipinski definition) is 1. The van der Waals surface area contributed by atoms with E-state index in [0.717, 1.165) is 22.2 Å². The second kappa shape index (κ2) is 5.60. The third-order valence-corrected chi connectivity index (χ3v) is 3.96. The van der Waals surface area contributed by atoms with Crippen molar-refractivity contribution in [1.29, 1.82) is 0 Å². The number of rotatable bonds is 4. The average Bonchev–Trinajstić information content (AvgIpc) is 2.89. The van der Waals surface area contributed by atoms with Crippen LogP contribution in [0.1, 0.15) is 24.8 Å². The fourth-order valence-corrected chi connectivity index (χ4v) is 2.77. The van der Waals surface area contributed by atoms with Crippen LogP contribution in [0.15, 0.2) is 24.4 Å². The molecular weight excluding hydrogens is 268 g/mol. The number of benzene rings is 1. The van der Waals surface area contributed by atoms with Gasteiger partial charge in [0.05, 0.1) is 7.11 Å². The molecule has 0 atom stereocenters. The number of nitrogens with zero attached hydrogens (tertiary/aromatic N) is 1. The van der Waals surface area contributed by atoms with Crippen molar-refractivity contribution in [3.8, 4) is 5.75 Å². The number of aromatic amines is 1. The standard InChI is InChI=1S/C16H18N2O3/c1-21-12-5-6-14-13(9-12)11(10-17-14)7-8-18-15(19)3-2-4-16(18)20/h5-6,9-10,17H,2-4,7-8H2,1H3. The fourth-order valence-electron chi connectivity index (χ4n) is 2.77. The molecule has 0 bridgehead atoms. The van der Waals surface area contributed by atoms with E-state index in [2.05, 4.69) is 4.98 Å². The maximum absolute atomic E-state index is 11.8. The number of methoxy groups -OCH3 is 1. The summed E-state index contributed by atoms with van der Waals surface area (Å²) in [4.78, 5) is 28.2. The highest BCUT2D eigenvalue weighted by atomic mass is 16.5. The van der Waals surface area contributed by atoms with Gasteiger partial charge in [-0.25, -0.2) is 0 Å². The maximum Gasteiger partial charge on any atom is 0.229 e. The topological polar surface area (TPSA) is 62.4 Å². The summed E-state index contributed by atoms with van der Waals surface area (Å²) in [6.45, 7) is 0.446. The van der Waals surface area contributed by atoms with Crippen LogP contribution >= 0.6 is 0 Å². The van der Waals surface area contributed by atoms with Crippen molar-refractivity contribution in [2.45, 2.75) is 25.7 Å². The van der Waals surface area contributed by atoms with Crippen LogP contribution in [0.3, 0.4) is 0 Å². The zero-order valence-electron chi connectivity index (χ0n) is 12.0. The second-order valence-electron chi connectivity index (χ2n) is 5.27. The Hall–Kier alpha value is -2.30. The zero-order chi connectivity index (χ0) is 14.8. The van der Waals surface area contributed by atoms with Gasteiger partial charge in [-0.1, -0.05) is 0 Å². The number of likely N-dealkylation sites (tertiary alicyclic amines) is 1. The van der Waals surface area contributed by atoms with Gasteiger partial charge in [0.15, 0.2) is 0 Å². The zero-order valence-corrected chi connectivity index (χ0v) is 12.0. The number of hydrogen-bond acceptors (Lipinski definition) is 3. The minimum absolute atomic E-state index is 0.0522. The van der Waals surface area contributed by atoms with Crippen molar-refractivity contribution >= 4 is 22.7 Å². The monoisotopic (exact) mass is 286 g/mol. The summed E-state index contributed by atoms with van der Waals surface area (Å²) in [6, 6.07) is 5.84. The molecule has 5 heteroatoms. The van der Waals surface area contributed by atoms with E-state index in [9.17, 15) is 9.59 Å². The van der Waals surface area contributed by atoms with Gasteiger partial charge < -0.3 is 9.72 Å². The van der Waals surface area contributed by atoms with Gasteiger partial charge in [-0.3, -0.25) is 14.5 Å². The van der Waals surface area contributed by atoms with E-state index in [0.29, 0.717) is 32.2 Å². The molecule has 1 aromatic carbocycles. The van der Waals surface area contributed by atoms with Crippen LogP contribution in [0.25, 0.3) is 10.9 Å². The van der Waals surface area contributed by atoms with E-state index >= 15 is 0 Å². The van der Waals surface area contributed by atoms with E-state index in [-0.39, 0.29) is 11.8 Å². The molecule has 5 nitrogen and oxygen atoms in total. The molecule has 1 N–H and O–H groups in total. The summed E-state index contributed by atoms with van der Waals surface area (Å²) in [6.07, 6.45) is 4.23. The van der Waals surface area contributed by atoms with Crippen molar-refractivity contribution in [3.05, 3.63) is 30.0 Å². The molecule has 1 fully saturated rings. The van der Waals surface area contributed by atoms with Crippen LogP contribution < -0.4 is 4.74 Å². The van der Waals surface area contributed by atoms with Crippen molar-refractivity contribution < 1.29 is 14.3 Å². The lowest BCUT2D eigenvalue weighted by atomic mass is 10.1. The third kappa shape index (κ3) is 2.63. The molecule has 0 unspecified atom stereocenters. The van der Waals surface area contributed by atoms with Gasteiger partial charge in [0, 0.05) is 36.5 Å². The first kappa shape index (κ1) is 13.7. The van der Waals surface area contributed by atoms with E-state index < -0.39 is 0 Å². The first-order valence-electron chi connectivity index (χ1n) is 7.16. The lowest BCUT2D eigenvalue weighted by Crippen LogP contribution is -2.41. The minimum Gasteiger partial charge on any atom is -0.497 e. The van der Waals surface area contributed by atoms with Crippen LogP contribution in [0.5, 0.6) is 5.75 Å². The number of nitrogens with one attached hydrogen (secondary N) is 1. The number of aromatic nitrogens is 1. The Morgan fingerprint density at radius 2 is 2.00 bits per heavy atom. The number of fused-ring (bicyclic) bond motifs is 1. The molecule has 21 heavy (non-hydrogen) atoms. The van der Waals surface area contributed by atoms with Gasteiger partial charge in [-0.2, -0.15) is 0 Å². The van der Waals surface area contributed by atoms with Gasteiger partial charge in [0.25, 0.3) is 0 Å². The molecule has 1 aromatic heterocycles.